The molecule has 15 heavy (non-hydrogen) atoms. The third kappa shape index (κ3) is 3.68. The van der Waals surface area contributed by atoms with Crippen LogP contribution in [0.5, 0.6) is 0 Å². The zero-order valence-electron chi connectivity index (χ0n) is 8.67. The second-order valence-corrected chi connectivity index (χ2v) is 4.78. The summed E-state index contributed by atoms with van der Waals surface area (Å²) in [7, 11) is 0. The van der Waals surface area contributed by atoms with Crippen LogP contribution in [0.4, 0.5) is 0 Å². The van der Waals surface area contributed by atoms with Crippen LogP contribution in [0.3, 0.4) is 0 Å². The molecule has 0 aliphatic carbocycles. The van der Waals surface area contributed by atoms with Gasteiger partial charge in [0.2, 0.25) is 0 Å². The number of pyridine rings is 1. The molecule has 0 spiro atoms. The number of ether oxygens (including phenoxy) is 1. The average Bonchev–Trinajstić information content (AvgIpc) is 1.99. The Morgan fingerprint density at radius 1 is 1.40 bits per heavy atom. The maximum absolute atomic E-state index is 11.6. The van der Waals surface area contributed by atoms with Gasteiger partial charge in [-0.15, -0.1) is 0 Å². The van der Waals surface area contributed by atoms with Crippen molar-refractivity contribution in [2.24, 2.45) is 0 Å². The van der Waals surface area contributed by atoms with E-state index in [1.54, 1.807) is 20.8 Å². The number of carbonyl (C=O) groups is 1. The summed E-state index contributed by atoms with van der Waals surface area (Å²) in [5.74, 6) is -0.503. The summed E-state index contributed by atoms with van der Waals surface area (Å²) in [5.41, 5.74) is -0.337. The fourth-order valence-electron chi connectivity index (χ4n) is 0.891. The largest absolute Gasteiger partial charge is 0.456 e. The number of halogens is 2. The molecule has 0 fully saturated rings. The quantitative estimate of drug-likeness (QED) is 0.565. The molecule has 0 atom stereocenters. The molecule has 1 aromatic heterocycles. The lowest BCUT2D eigenvalue weighted by molar-refractivity contribution is 0.00693. The zero-order valence-corrected chi connectivity index (χ0v) is 10.2. The molecular formula is C10H11Cl2NO2. The molecule has 0 radical (unpaired) electrons. The van der Waals surface area contributed by atoms with Gasteiger partial charge < -0.3 is 4.74 Å². The van der Waals surface area contributed by atoms with E-state index in [0.29, 0.717) is 0 Å². The van der Waals surface area contributed by atoms with Crippen LogP contribution >= 0.6 is 23.2 Å². The Balaban J connectivity index is 2.92. The highest BCUT2D eigenvalue weighted by Gasteiger charge is 2.20. The highest BCUT2D eigenvalue weighted by molar-refractivity contribution is 6.35. The molecule has 0 saturated heterocycles. The lowest BCUT2D eigenvalue weighted by Crippen LogP contribution is -2.24. The summed E-state index contributed by atoms with van der Waals surface area (Å²) >= 11 is 11.4. The Morgan fingerprint density at radius 3 is 2.47 bits per heavy atom. The summed E-state index contributed by atoms with van der Waals surface area (Å²) in [6.07, 6.45) is 1.30. The minimum Gasteiger partial charge on any atom is -0.456 e. The minimum absolute atomic E-state index is 0.219. The molecule has 0 aliphatic rings. The van der Waals surface area contributed by atoms with Crippen LogP contribution in [0.2, 0.25) is 10.2 Å². The highest BCUT2D eigenvalue weighted by Crippen LogP contribution is 2.21. The number of hydrogen-bond donors (Lipinski definition) is 0. The standard InChI is InChI=1S/C10H11Cl2NO2/c1-10(2,3)15-9(14)6-5-13-8(12)4-7(6)11/h4-5H,1-3H3. The van der Waals surface area contributed by atoms with E-state index in [1.807, 2.05) is 0 Å². The molecule has 1 rings (SSSR count). The number of rotatable bonds is 1. The first-order valence-electron chi connectivity index (χ1n) is 4.34. The van der Waals surface area contributed by atoms with Crippen LogP contribution in [0.25, 0.3) is 0 Å². The lowest BCUT2D eigenvalue weighted by Gasteiger charge is -2.19. The van der Waals surface area contributed by atoms with Gasteiger partial charge in [0.15, 0.2) is 0 Å². The van der Waals surface area contributed by atoms with Crippen LogP contribution in [0, 0.1) is 0 Å². The zero-order chi connectivity index (χ0) is 11.6. The van der Waals surface area contributed by atoms with Gasteiger partial charge >= 0.3 is 5.97 Å². The minimum atomic E-state index is -0.556. The highest BCUT2D eigenvalue weighted by atomic mass is 35.5. The summed E-state index contributed by atoms with van der Waals surface area (Å²) in [6, 6.07) is 1.41. The van der Waals surface area contributed by atoms with Crippen LogP contribution in [-0.2, 0) is 4.74 Å². The Kier molecular flexibility index (Phi) is 3.58. The van der Waals surface area contributed by atoms with Crippen LogP contribution < -0.4 is 0 Å². The van der Waals surface area contributed by atoms with E-state index in [-0.39, 0.29) is 15.7 Å². The predicted octanol–water partition coefficient (Wildman–Crippen LogP) is 3.34. The van der Waals surface area contributed by atoms with Gasteiger partial charge in [-0.05, 0) is 26.8 Å². The van der Waals surface area contributed by atoms with Gasteiger partial charge in [-0.3, -0.25) is 0 Å². The fourth-order valence-corrected chi connectivity index (χ4v) is 1.33. The van der Waals surface area contributed by atoms with Crippen molar-refractivity contribution >= 4 is 29.2 Å². The van der Waals surface area contributed by atoms with Crippen LogP contribution in [0.15, 0.2) is 12.3 Å². The molecule has 0 aliphatic heterocycles. The molecule has 0 amide bonds. The molecule has 0 bridgehead atoms. The molecule has 1 aromatic rings. The molecule has 0 aromatic carbocycles. The number of esters is 1. The third-order valence-electron chi connectivity index (χ3n) is 1.44. The number of nitrogens with zero attached hydrogens (tertiary/aromatic N) is 1. The first kappa shape index (κ1) is 12.3. The number of aromatic nitrogens is 1. The van der Waals surface area contributed by atoms with Gasteiger partial charge in [-0.2, -0.15) is 0 Å². The smallest absolute Gasteiger partial charge is 0.341 e. The van der Waals surface area contributed by atoms with Gasteiger partial charge in [0, 0.05) is 6.20 Å². The Labute approximate surface area is 98.4 Å². The maximum atomic E-state index is 11.6. The summed E-state index contributed by atoms with van der Waals surface area (Å²) < 4.78 is 5.14. The Morgan fingerprint density at radius 2 is 2.00 bits per heavy atom. The van der Waals surface area contributed by atoms with Gasteiger partial charge in [-0.25, -0.2) is 9.78 Å². The normalized spacial score (nSPS) is 11.3. The van der Waals surface area contributed by atoms with Crippen LogP contribution in [0.1, 0.15) is 31.1 Å². The van der Waals surface area contributed by atoms with E-state index < -0.39 is 11.6 Å². The van der Waals surface area contributed by atoms with Crippen molar-refractivity contribution in [3.8, 4) is 0 Å². The van der Waals surface area contributed by atoms with Crippen molar-refractivity contribution in [3.63, 3.8) is 0 Å². The van der Waals surface area contributed by atoms with Crippen molar-refractivity contribution in [2.75, 3.05) is 0 Å². The van der Waals surface area contributed by atoms with E-state index in [2.05, 4.69) is 4.98 Å². The maximum Gasteiger partial charge on any atom is 0.341 e. The first-order valence-corrected chi connectivity index (χ1v) is 5.09. The second-order valence-electron chi connectivity index (χ2n) is 3.99. The Bertz CT molecular complexity index is 385. The molecule has 3 nitrogen and oxygen atoms in total. The molecule has 0 unspecified atom stereocenters. The van der Waals surface area contributed by atoms with Crippen molar-refractivity contribution in [1.82, 2.24) is 4.98 Å². The van der Waals surface area contributed by atoms with E-state index in [1.165, 1.54) is 12.3 Å². The van der Waals surface area contributed by atoms with Crippen molar-refractivity contribution in [2.45, 2.75) is 26.4 Å². The van der Waals surface area contributed by atoms with Gasteiger partial charge in [0.1, 0.15) is 10.8 Å². The summed E-state index contributed by atoms with van der Waals surface area (Å²) in [6.45, 7) is 5.34. The summed E-state index contributed by atoms with van der Waals surface area (Å²) in [5, 5.41) is 0.483. The molecule has 5 heteroatoms. The first-order chi connectivity index (χ1) is 6.79. The van der Waals surface area contributed by atoms with Gasteiger partial charge in [0.25, 0.3) is 0 Å². The van der Waals surface area contributed by atoms with Crippen molar-refractivity contribution < 1.29 is 9.53 Å². The number of carbonyl (C=O) groups excluding carboxylic acids is 1. The average molecular weight is 248 g/mol. The molecule has 82 valence electrons. The van der Waals surface area contributed by atoms with E-state index >= 15 is 0 Å². The van der Waals surface area contributed by atoms with E-state index in [0.717, 1.165) is 0 Å². The summed E-state index contributed by atoms with van der Waals surface area (Å²) in [4.78, 5) is 15.4. The molecule has 1 heterocycles. The molecular weight excluding hydrogens is 237 g/mol. The van der Waals surface area contributed by atoms with Crippen molar-refractivity contribution in [1.29, 1.82) is 0 Å². The lowest BCUT2D eigenvalue weighted by atomic mass is 10.2. The Hall–Kier alpha value is -0.800. The monoisotopic (exact) mass is 247 g/mol. The predicted molar refractivity (Wildman–Crippen MR) is 59.4 cm³/mol. The third-order valence-corrected chi connectivity index (χ3v) is 1.96. The van der Waals surface area contributed by atoms with Crippen molar-refractivity contribution in [3.05, 3.63) is 28.0 Å². The van der Waals surface area contributed by atoms with E-state index in [4.69, 9.17) is 27.9 Å². The molecule has 0 N–H and O–H groups in total. The van der Waals surface area contributed by atoms with E-state index in [9.17, 15) is 4.79 Å². The SMILES string of the molecule is CC(C)(C)OC(=O)c1cnc(Cl)cc1Cl. The second kappa shape index (κ2) is 4.37. The number of hydrogen-bond acceptors (Lipinski definition) is 3. The van der Waals surface area contributed by atoms with Gasteiger partial charge in [-0.1, -0.05) is 23.2 Å². The topological polar surface area (TPSA) is 39.2 Å². The van der Waals surface area contributed by atoms with Gasteiger partial charge in [0.05, 0.1) is 10.6 Å². The fraction of sp³-hybridized carbons (Fsp3) is 0.400. The molecule has 0 saturated carbocycles. The van der Waals surface area contributed by atoms with Crippen LogP contribution in [-0.4, -0.2) is 16.6 Å².